The quantitative estimate of drug-likeness (QED) is 0.200. The van der Waals surface area contributed by atoms with E-state index in [0.29, 0.717) is 19.8 Å². The molecule has 0 atom stereocenters. The maximum atomic E-state index is 8.60. The normalized spacial score (nSPS) is 11.0. The molecule has 0 saturated heterocycles. The second-order valence-electron chi connectivity index (χ2n) is 4.24. The average Bonchev–Trinajstić information content (AvgIpc) is 2.39. The van der Waals surface area contributed by atoms with E-state index in [9.17, 15) is 0 Å². The van der Waals surface area contributed by atoms with Gasteiger partial charge in [0.2, 0.25) is 0 Å². The molecule has 0 aliphatic carbocycles. The van der Waals surface area contributed by atoms with Crippen molar-refractivity contribution in [1.82, 2.24) is 10.6 Å². The summed E-state index contributed by atoms with van der Waals surface area (Å²) in [7, 11) is 0. The molecule has 110 valence electrons. The molecule has 0 aromatic rings. The van der Waals surface area contributed by atoms with E-state index in [4.69, 9.17) is 10.4 Å². The van der Waals surface area contributed by atoms with Gasteiger partial charge in [0, 0.05) is 13.2 Å². The van der Waals surface area contributed by atoms with Crippen LogP contribution < -0.4 is 10.6 Å². The van der Waals surface area contributed by atoms with Crippen molar-refractivity contribution in [1.29, 1.82) is 0 Å². The van der Waals surface area contributed by atoms with Gasteiger partial charge in [-0.2, -0.15) is 0 Å². The highest BCUT2D eigenvalue weighted by Gasteiger charge is 1.92. The van der Waals surface area contributed by atoms with Gasteiger partial charge >= 0.3 is 0 Å². The van der Waals surface area contributed by atoms with E-state index in [1.807, 2.05) is 0 Å². The van der Waals surface area contributed by atoms with Crippen LogP contribution in [0.25, 0.3) is 0 Å². The summed E-state index contributed by atoms with van der Waals surface area (Å²) in [5, 5.41) is 26.5. The van der Waals surface area contributed by atoms with Crippen LogP contribution in [0.4, 0.5) is 0 Å². The Hall–Kier alpha value is -0.240. The molecule has 4 N–H and O–H groups in total. The predicted molar refractivity (Wildman–Crippen MR) is 70.2 cm³/mol. The number of unbranched alkanes of at least 4 members (excludes halogenated alkanes) is 4. The van der Waals surface area contributed by atoms with Crippen molar-refractivity contribution < 1.29 is 20.3 Å². The number of aliphatic hydroxyl groups excluding tert-OH is 1. The lowest BCUT2D eigenvalue weighted by atomic mass is 10.2. The third kappa shape index (κ3) is 15.8. The maximum absolute atomic E-state index is 8.60. The van der Waals surface area contributed by atoms with E-state index in [1.54, 1.807) is 0 Å². The summed E-state index contributed by atoms with van der Waals surface area (Å²) in [6.07, 6.45) is 6.78. The lowest BCUT2D eigenvalue weighted by Crippen LogP contribution is -2.21. The molecule has 6 heteroatoms. The highest BCUT2D eigenvalue weighted by atomic mass is 17.5. The van der Waals surface area contributed by atoms with Gasteiger partial charge in [0.15, 0.2) is 0 Å². The summed E-state index contributed by atoms with van der Waals surface area (Å²) < 4.78 is 0. The van der Waals surface area contributed by atoms with Gasteiger partial charge in [-0.1, -0.05) is 17.9 Å². The molecule has 18 heavy (non-hydrogen) atoms. The van der Waals surface area contributed by atoms with Crippen molar-refractivity contribution in [3.05, 3.63) is 0 Å². The first kappa shape index (κ1) is 17.8. The molecule has 0 bridgehead atoms. The first-order valence-corrected chi connectivity index (χ1v) is 6.87. The van der Waals surface area contributed by atoms with E-state index in [0.717, 1.165) is 38.9 Å². The zero-order chi connectivity index (χ0) is 13.3. The molecule has 0 aliphatic rings. The largest absolute Gasteiger partial charge is 0.396 e. The van der Waals surface area contributed by atoms with Crippen LogP contribution in [-0.4, -0.2) is 49.8 Å². The summed E-state index contributed by atoms with van der Waals surface area (Å²) >= 11 is 0. The van der Waals surface area contributed by atoms with Gasteiger partial charge in [0.25, 0.3) is 0 Å². The van der Waals surface area contributed by atoms with Crippen molar-refractivity contribution in [2.75, 3.05) is 39.4 Å². The molecular formula is C12H28N2O4. The number of nitrogens with one attached hydrogen (secondary N) is 2. The average molecular weight is 264 g/mol. The Morgan fingerprint density at radius 1 is 0.722 bits per heavy atom. The summed E-state index contributed by atoms with van der Waals surface area (Å²) in [6, 6.07) is 0. The van der Waals surface area contributed by atoms with E-state index in [-0.39, 0.29) is 0 Å². The smallest absolute Gasteiger partial charge is 0.0978 e. The Balaban J connectivity index is 2.86. The molecule has 0 amide bonds. The topological polar surface area (TPSA) is 83.0 Å². The van der Waals surface area contributed by atoms with Crippen LogP contribution in [0.3, 0.4) is 0 Å². The van der Waals surface area contributed by atoms with Gasteiger partial charge < -0.3 is 15.7 Å². The van der Waals surface area contributed by atoms with Gasteiger partial charge in [0.05, 0.1) is 6.61 Å². The van der Waals surface area contributed by atoms with Crippen molar-refractivity contribution in [3.63, 3.8) is 0 Å². The molecule has 0 heterocycles. The second-order valence-corrected chi connectivity index (χ2v) is 4.24. The Labute approximate surface area is 110 Å². The molecule has 0 unspecified atom stereocenters. The van der Waals surface area contributed by atoms with Crippen molar-refractivity contribution in [3.8, 4) is 0 Å². The third-order valence-electron chi connectivity index (χ3n) is 2.63. The Kier molecular flexibility index (Phi) is 16.5. The fraction of sp³-hybridized carbons (Fsp3) is 1.00. The van der Waals surface area contributed by atoms with Crippen LogP contribution in [0.2, 0.25) is 0 Å². The minimum Gasteiger partial charge on any atom is -0.396 e. The second kappa shape index (κ2) is 16.8. The SMILES string of the molecule is OCCCCNCCCCCCNCCOOO. The lowest BCUT2D eigenvalue weighted by Gasteiger charge is -2.05. The van der Waals surface area contributed by atoms with Crippen LogP contribution >= 0.6 is 0 Å². The molecule has 0 rings (SSSR count). The Morgan fingerprint density at radius 3 is 1.83 bits per heavy atom. The van der Waals surface area contributed by atoms with Crippen molar-refractivity contribution in [2.24, 2.45) is 0 Å². The molecule has 0 aromatic carbocycles. The summed E-state index contributed by atoms with van der Waals surface area (Å²) in [4.78, 5) is 4.30. The van der Waals surface area contributed by atoms with Crippen LogP contribution in [-0.2, 0) is 9.93 Å². The molecule has 0 aromatic heterocycles. The van der Waals surface area contributed by atoms with Gasteiger partial charge in [0.1, 0.15) is 0 Å². The van der Waals surface area contributed by atoms with Crippen molar-refractivity contribution in [2.45, 2.75) is 38.5 Å². The Bertz CT molecular complexity index is 134. The standard InChI is InChI=1S/C12H28N2O4/c15-11-6-5-9-13-7-3-1-2-4-8-14-10-12-17-18-16/h13-16H,1-12H2. The predicted octanol–water partition coefficient (Wildman–Crippen LogP) is 0.920. The fourth-order valence-corrected chi connectivity index (χ4v) is 1.62. The minimum atomic E-state index is 0.296. The molecule has 0 saturated carbocycles. The minimum absolute atomic E-state index is 0.296. The molecule has 0 aliphatic heterocycles. The monoisotopic (exact) mass is 264 g/mol. The first-order valence-electron chi connectivity index (χ1n) is 6.87. The summed E-state index contributed by atoms with van der Waals surface area (Å²) in [6.45, 7) is 4.39. The number of aliphatic hydroxyl groups is 1. The van der Waals surface area contributed by atoms with E-state index in [2.05, 4.69) is 20.6 Å². The Morgan fingerprint density at radius 2 is 1.28 bits per heavy atom. The molecule has 0 fully saturated rings. The van der Waals surface area contributed by atoms with Crippen LogP contribution in [0.15, 0.2) is 0 Å². The number of hydrogen-bond acceptors (Lipinski definition) is 6. The zero-order valence-electron chi connectivity index (χ0n) is 11.2. The van der Waals surface area contributed by atoms with Crippen LogP contribution in [0.1, 0.15) is 38.5 Å². The van der Waals surface area contributed by atoms with Gasteiger partial charge in [-0.15, -0.1) is 0 Å². The van der Waals surface area contributed by atoms with E-state index < -0.39 is 0 Å². The van der Waals surface area contributed by atoms with E-state index in [1.165, 1.54) is 19.3 Å². The highest BCUT2D eigenvalue weighted by molar-refractivity contribution is 4.52. The summed E-state index contributed by atoms with van der Waals surface area (Å²) in [5.74, 6) is 0. The zero-order valence-corrected chi connectivity index (χ0v) is 11.2. The molecule has 6 nitrogen and oxygen atoms in total. The fourth-order valence-electron chi connectivity index (χ4n) is 1.62. The maximum Gasteiger partial charge on any atom is 0.0978 e. The molecular weight excluding hydrogens is 236 g/mol. The number of rotatable bonds is 15. The van der Waals surface area contributed by atoms with Crippen molar-refractivity contribution >= 4 is 0 Å². The lowest BCUT2D eigenvalue weighted by molar-refractivity contribution is -0.489. The summed E-state index contributed by atoms with van der Waals surface area (Å²) in [5.41, 5.74) is 0. The highest BCUT2D eigenvalue weighted by Crippen LogP contribution is 1.97. The molecule has 0 spiro atoms. The molecule has 0 radical (unpaired) electrons. The van der Waals surface area contributed by atoms with Crippen LogP contribution in [0, 0.1) is 0 Å². The third-order valence-corrected chi connectivity index (χ3v) is 2.63. The first-order chi connectivity index (χ1) is 8.91. The van der Waals surface area contributed by atoms with E-state index >= 15 is 0 Å². The van der Waals surface area contributed by atoms with Gasteiger partial charge in [-0.05, 0) is 45.3 Å². The van der Waals surface area contributed by atoms with Gasteiger partial charge in [-0.3, -0.25) is 0 Å². The van der Waals surface area contributed by atoms with Gasteiger partial charge in [-0.25, -0.2) is 10.1 Å². The number of hydrogen-bond donors (Lipinski definition) is 4. The van der Waals surface area contributed by atoms with Crippen LogP contribution in [0.5, 0.6) is 0 Å².